The van der Waals surface area contributed by atoms with Crippen LogP contribution in [-0.2, 0) is 0 Å². The highest BCUT2D eigenvalue weighted by atomic mass is 35.5. The van der Waals surface area contributed by atoms with Gasteiger partial charge in [-0.25, -0.2) is 0 Å². The lowest BCUT2D eigenvalue weighted by atomic mass is 9.88. The first-order valence-electron chi connectivity index (χ1n) is 5.39. The SMILES string of the molecule is CN(C)C(C)(C)C(NN)c1cc(Cl)ccc1Cl. The molecule has 17 heavy (non-hydrogen) atoms. The fourth-order valence-electron chi connectivity index (χ4n) is 1.67. The zero-order valence-electron chi connectivity index (χ0n) is 10.6. The molecule has 3 N–H and O–H groups in total. The van der Waals surface area contributed by atoms with Gasteiger partial charge in [-0.15, -0.1) is 0 Å². The van der Waals surface area contributed by atoms with Crippen LogP contribution in [0.15, 0.2) is 18.2 Å². The molecule has 0 saturated carbocycles. The third-order valence-electron chi connectivity index (χ3n) is 3.29. The number of hydrazine groups is 1. The van der Waals surface area contributed by atoms with Crippen LogP contribution < -0.4 is 11.3 Å². The molecule has 1 unspecified atom stereocenters. The van der Waals surface area contributed by atoms with Gasteiger partial charge in [0.15, 0.2) is 0 Å². The van der Waals surface area contributed by atoms with Crippen LogP contribution in [0.4, 0.5) is 0 Å². The summed E-state index contributed by atoms with van der Waals surface area (Å²) in [6.07, 6.45) is 0. The van der Waals surface area contributed by atoms with Gasteiger partial charge in [-0.1, -0.05) is 23.2 Å². The molecule has 1 aromatic rings. The van der Waals surface area contributed by atoms with Crippen molar-refractivity contribution in [3.05, 3.63) is 33.8 Å². The monoisotopic (exact) mass is 275 g/mol. The van der Waals surface area contributed by atoms with E-state index in [9.17, 15) is 0 Å². The maximum atomic E-state index is 6.21. The number of benzene rings is 1. The summed E-state index contributed by atoms with van der Waals surface area (Å²) < 4.78 is 0. The third kappa shape index (κ3) is 3.12. The standard InChI is InChI=1S/C12H19Cl2N3/c1-12(2,17(3)4)11(16-15)9-7-8(13)5-6-10(9)14/h5-7,11,16H,15H2,1-4H3. The highest BCUT2D eigenvalue weighted by molar-refractivity contribution is 6.33. The Morgan fingerprint density at radius 2 is 1.88 bits per heavy atom. The van der Waals surface area contributed by atoms with Gasteiger partial charge in [0.25, 0.3) is 0 Å². The summed E-state index contributed by atoms with van der Waals surface area (Å²) in [5, 5.41) is 1.31. The molecule has 0 bridgehead atoms. The molecule has 0 spiro atoms. The van der Waals surface area contributed by atoms with Gasteiger partial charge in [0, 0.05) is 15.6 Å². The van der Waals surface area contributed by atoms with E-state index in [-0.39, 0.29) is 11.6 Å². The number of halogens is 2. The Labute approximate surface area is 113 Å². The summed E-state index contributed by atoms with van der Waals surface area (Å²) in [6, 6.07) is 5.29. The van der Waals surface area contributed by atoms with Gasteiger partial charge >= 0.3 is 0 Å². The third-order valence-corrected chi connectivity index (χ3v) is 3.87. The number of hydrogen-bond donors (Lipinski definition) is 2. The predicted molar refractivity (Wildman–Crippen MR) is 74.3 cm³/mol. The van der Waals surface area contributed by atoms with Crippen LogP contribution >= 0.6 is 23.2 Å². The molecule has 0 aliphatic heterocycles. The molecule has 0 aromatic heterocycles. The summed E-state index contributed by atoms with van der Waals surface area (Å²) in [5.74, 6) is 5.67. The van der Waals surface area contributed by atoms with E-state index in [1.54, 1.807) is 12.1 Å². The first-order valence-corrected chi connectivity index (χ1v) is 6.14. The number of likely N-dealkylation sites (N-methyl/N-ethyl adjacent to an activating group) is 1. The highest BCUT2D eigenvalue weighted by Gasteiger charge is 2.33. The number of rotatable bonds is 4. The summed E-state index contributed by atoms with van der Waals surface area (Å²) >= 11 is 12.2. The second-order valence-corrected chi connectivity index (χ2v) is 5.66. The second kappa shape index (κ2) is 5.55. The first kappa shape index (κ1) is 14.7. The van der Waals surface area contributed by atoms with Crippen molar-refractivity contribution in [2.45, 2.75) is 25.4 Å². The minimum absolute atomic E-state index is 0.108. The molecule has 96 valence electrons. The Kier molecular flexibility index (Phi) is 4.81. The van der Waals surface area contributed by atoms with Crippen molar-refractivity contribution in [2.75, 3.05) is 14.1 Å². The maximum Gasteiger partial charge on any atom is 0.0653 e. The van der Waals surface area contributed by atoms with Crippen LogP contribution in [-0.4, -0.2) is 24.5 Å². The summed E-state index contributed by atoms with van der Waals surface area (Å²) in [7, 11) is 4.01. The van der Waals surface area contributed by atoms with Crippen molar-refractivity contribution in [2.24, 2.45) is 5.84 Å². The highest BCUT2D eigenvalue weighted by Crippen LogP contribution is 2.34. The molecule has 1 aromatic carbocycles. The topological polar surface area (TPSA) is 41.3 Å². The minimum Gasteiger partial charge on any atom is -0.302 e. The van der Waals surface area contributed by atoms with Gasteiger partial charge in [0.1, 0.15) is 0 Å². The molecule has 0 saturated heterocycles. The molecule has 0 aliphatic rings. The number of hydrogen-bond acceptors (Lipinski definition) is 3. The Bertz CT molecular complexity index is 391. The largest absolute Gasteiger partial charge is 0.302 e. The van der Waals surface area contributed by atoms with E-state index in [0.717, 1.165) is 5.56 Å². The van der Waals surface area contributed by atoms with E-state index in [1.165, 1.54) is 0 Å². The molecule has 1 atom stereocenters. The molecule has 0 heterocycles. The predicted octanol–water partition coefficient (Wildman–Crippen LogP) is 2.84. The van der Waals surface area contributed by atoms with Crippen LogP contribution in [0, 0.1) is 0 Å². The molecule has 0 fully saturated rings. The summed E-state index contributed by atoms with van der Waals surface area (Å²) in [4.78, 5) is 2.09. The second-order valence-electron chi connectivity index (χ2n) is 4.81. The van der Waals surface area contributed by atoms with Gasteiger partial charge in [0.05, 0.1) is 6.04 Å². The van der Waals surface area contributed by atoms with Crippen LogP contribution in [0.1, 0.15) is 25.5 Å². The Morgan fingerprint density at radius 1 is 1.29 bits per heavy atom. The lowest BCUT2D eigenvalue weighted by molar-refractivity contribution is 0.138. The quantitative estimate of drug-likeness (QED) is 0.656. The van der Waals surface area contributed by atoms with Gasteiger partial charge in [-0.3, -0.25) is 11.3 Å². The molecule has 5 heteroatoms. The molecular weight excluding hydrogens is 257 g/mol. The zero-order valence-corrected chi connectivity index (χ0v) is 12.1. The first-order chi connectivity index (χ1) is 7.80. The molecule has 0 amide bonds. The average molecular weight is 276 g/mol. The molecule has 3 nitrogen and oxygen atoms in total. The van der Waals surface area contributed by atoms with E-state index in [2.05, 4.69) is 24.2 Å². The molecule has 1 rings (SSSR count). The van der Waals surface area contributed by atoms with Crippen molar-refractivity contribution in [1.29, 1.82) is 0 Å². The fraction of sp³-hybridized carbons (Fsp3) is 0.500. The molecule has 0 radical (unpaired) electrons. The normalized spacial score (nSPS) is 14.1. The lowest BCUT2D eigenvalue weighted by Gasteiger charge is -2.40. The Morgan fingerprint density at radius 3 is 2.35 bits per heavy atom. The van der Waals surface area contributed by atoms with E-state index < -0.39 is 0 Å². The van der Waals surface area contributed by atoms with Crippen LogP contribution in [0.2, 0.25) is 10.0 Å². The fourth-order valence-corrected chi connectivity index (χ4v) is 2.08. The smallest absolute Gasteiger partial charge is 0.0653 e. The van der Waals surface area contributed by atoms with E-state index >= 15 is 0 Å². The van der Waals surface area contributed by atoms with Crippen molar-refractivity contribution in [3.8, 4) is 0 Å². The minimum atomic E-state index is -0.191. The van der Waals surface area contributed by atoms with Gasteiger partial charge in [-0.2, -0.15) is 0 Å². The number of nitrogens with two attached hydrogens (primary N) is 1. The van der Waals surface area contributed by atoms with E-state index in [1.807, 2.05) is 20.2 Å². The Balaban J connectivity index is 3.22. The summed E-state index contributed by atoms with van der Waals surface area (Å²) in [6.45, 7) is 4.18. The van der Waals surface area contributed by atoms with Crippen LogP contribution in [0.25, 0.3) is 0 Å². The zero-order chi connectivity index (χ0) is 13.2. The van der Waals surface area contributed by atoms with Crippen molar-refractivity contribution >= 4 is 23.2 Å². The van der Waals surface area contributed by atoms with Gasteiger partial charge in [0.2, 0.25) is 0 Å². The van der Waals surface area contributed by atoms with Crippen LogP contribution in [0.3, 0.4) is 0 Å². The average Bonchev–Trinajstić information content (AvgIpc) is 2.23. The number of nitrogens with zero attached hydrogens (tertiary/aromatic N) is 1. The summed E-state index contributed by atoms with van der Waals surface area (Å²) in [5.41, 5.74) is 3.53. The van der Waals surface area contributed by atoms with E-state index in [0.29, 0.717) is 10.0 Å². The van der Waals surface area contributed by atoms with Crippen molar-refractivity contribution < 1.29 is 0 Å². The maximum absolute atomic E-state index is 6.21. The lowest BCUT2D eigenvalue weighted by Crippen LogP contribution is -2.51. The van der Waals surface area contributed by atoms with Crippen LogP contribution in [0.5, 0.6) is 0 Å². The Hall–Kier alpha value is -0.320. The molecule has 0 aliphatic carbocycles. The van der Waals surface area contributed by atoms with Crippen molar-refractivity contribution in [1.82, 2.24) is 10.3 Å². The van der Waals surface area contributed by atoms with Crippen molar-refractivity contribution in [3.63, 3.8) is 0 Å². The molecular formula is C12H19Cl2N3. The van der Waals surface area contributed by atoms with Gasteiger partial charge in [-0.05, 0) is 51.7 Å². The van der Waals surface area contributed by atoms with E-state index in [4.69, 9.17) is 29.0 Å². The number of nitrogens with one attached hydrogen (secondary N) is 1. The van der Waals surface area contributed by atoms with Gasteiger partial charge < -0.3 is 4.90 Å².